The molecule has 0 spiro atoms. The van der Waals surface area contributed by atoms with Gasteiger partial charge in [-0.2, -0.15) is 9.40 Å². The molecule has 0 amide bonds. The Hall–Kier alpha value is -1.45. The highest BCUT2D eigenvalue weighted by atomic mass is 32.2. The van der Waals surface area contributed by atoms with Crippen LogP contribution in [0.25, 0.3) is 0 Å². The first kappa shape index (κ1) is 14.9. The van der Waals surface area contributed by atoms with Crippen molar-refractivity contribution >= 4 is 16.0 Å². The van der Waals surface area contributed by atoms with E-state index in [2.05, 4.69) is 5.10 Å². The normalized spacial score (nSPS) is 23.4. The zero-order valence-corrected chi connectivity index (χ0v) is 12.1. The van der Waals surface area contributed by atoms with E-state index in [0.29, 0.717) is 0 Å². The number of carboxylic acids is 1. The minimum Gasteiger partial charge on any atom is -0.481 e. The Morgan fingerprint density at radius 3 is 2.80 bits per heavy atom. The minimum atomic E-state index is -3.77. The van der Waals surface area contributed by atoms with Crippen molar-refractivity contribution in [2.45, 2.75) is 17.9 Å². The summed E-state index contributed by atoms with van der Waals surface area (Å²) in [6.07, 6.45) is 2.65. The van der Waals surface area contributed by atoms with E-state index >= 15 is 0 Å². The number of carboxylic acid groups (broad SMARTS) is 1. The van der Waals surface area contributed by atoms with Gasteiger partial charge in [0, 0.05) is 19.8 Å². The molecule has 1 saturated heterocycles. The lowest BCUT2D eigenvalue weighted by Crippen LogP contribution is -2.46. The maximum absolute atomic E-state index is 12.6. The molecule has 20 heavy (non-hydrogen) atoms. The number of likely N-dealkylation sites (N-methyl/N-ethyl adjacent to an activating group) is 1. The van der Waals surface area contributed by atoms with Crippen molar-refractivity contribution in [3.8, 4) is 0 Å². The highest BCUT2D eigenvalue weighted by molar-refractivity contribution is 7.89. The predicted molar refractivity (Wildman–Crippen MR) is 68.5 cm³/mol. The Kier molecular flexibility index (Phi) is 4.11. The standard InChI is InChI=1S/C11H17N3O5S/c1-3-14(10-7-19-6-9(10)11(15)16)20(17,18)8-4-12-13(2)5-8/h4-5,9-10H,3,6-7H2,1-2H3,(H,15,16). The van der Waals surface area contributed by atoms with Crippen molar-refractivity contribution in [2.24, 2.45) is 13.0 Å². The molecule has 2 rings (SSSR count). The quantitative estimate of drug-likeness (QED) is 0.789. The maximum atomic E-state index is 12.6. The van der Waals surface area contributed by atoms with Gasteiger partial charge in [0.1, 0.15) is 4.90 Å². The smallest absolute Gasteiger partial charge is 0.310 e. The van der Waals surface area contributed by atoms with Gasteiger partial charge < -0.3 is 9.84 Å². The zero-order valence-electron chi connectivity index (χ0n) is 11.3. The predicted octanol–water partition coefficient (Wildman–Crippen LogP) is -0.470. The summed E-state index contributed by atoms with van der Waals surface area (Å²) in [7, 11) is -2.15. The van der Waals surface area contributed by atoms with Gasteiger partial charge in [0.15, 0.2) is 0 Å². The molecule has 1 aromatic rings. The van der Waals surface area contributed by atoms with Crippen LogP contribution in [-0.2, 0) is 26.6 Å². The van der Waals surface area contributed by atoms with Crippen molar-refractivity contribution in [1.29, 1.82) is 0 Å². The number of aromatic nitrogens is 2. The fourth-order valence-electron chi connectivity index (χ4n) is 2.31. The molecule has 0 saturated carbocycles. The van der Waals surface area contributed by atoms with Gasteiger partial charge in [-0.3, -0.25) is 9.48 Å². The average Bonchev–Trinajstić information content (AvgIpc) is 2.98. The minimum absolute atomic E-state index is 0.0268. The Labute approximate surface area is 117 Å². The molecule has 1 aliphatic heterocycles. The van der Waals surface area contributed by atoms with Gasteiger partial charge in [-0.1, -0.05) is 6.92 Å². The number of nitrogens with zero attached hydrogens (tertiary/aromatic N) is 3. The third kappa shape index (κ3) is 2.56. The number of hydrogen-bond donors (Lipinski definition) is 1. The summed E-state index contributed by atoms with van der Waals surface area (Å²) >= 11 is 0. The van der Waals surface area contributed by atoms with Crippen LogP contribution in [0.3, 0.4) is 0 Å². The molecule has 2 atom stereocenters. The molecule has 1 aromatic heterocycles. The fraction of sp³-hybridized carbons (Fsp3) is 0.636. The number of rotatable bonds is 5. The van der Waals surface area contributed by atoms with Crippen molar-refractivity contribution in [3.63, 3.8) is 0 Å². The van der Waals surface area contributed by atoms with E-state index in [-0.39, 0.29) is 24.7 Å². The highest BCUT2D eigenvalue weighted by Gasteiger charge is 2.42. The van der Waals surface area contributed by atoms with E-state index in [4.69, 9.17) is 9.84 Å². The first-order chi connectivity index (χ1) is 9.37. The second-order valence-corrected chi connectivity index (χ2v) is 6.50. The maximum Gasteiger partial charge on any atom is 0.310 e. The molecular formula is C11H17N3O5S. The summed E-state index contributed by atoms with van der Waals surface area (Å²) in [4.78, 5) is 11.2. The lowest BCUT2D eigenvalue weighted by atomic mass is 10.0. The number of ether oxygens (including phenoxy) is 1. The fourth-order valence-corrected chi connectivity index (χ4v) is 3.95. The lowest BCUT2D eigenvalue weighted by molar-refractivity contribution is -0.142. The molecule has 0 aliphatic carbocycles. The molecule has 2 heterocycles. The topological polar surface area (TPSA) is 102 Å². The molecule has 9 heteroatoms. The van der Waals surface area contributed by atoms with Gasteiger partial charge in [0.25, 0.3) is 0 Å². The van der Waals surface area contributed by atoms with Gasteiger partial charge in [0.05, 0.1) is 31.4 Å². The van der Waals surface area contributed by atoms with Crippen molar-refractivity contribution in [3.05, 3.63) is 12.4 Å². The Bertz CT molecular complexity index is 597. The summed E-state index contributed by atoms with van der Waals surface area (Å²) < 4.78 is 32.8. The molecule has 1 N–H and O–H groups in total. The van der Waals surface area contributed by atoms with Gasteiger partial charge in [-0.05, 0) is 0 Å². The van der Waals surface area contributed by atoms with E-state index in [0.717, 1.165) is 0 Å². The van der Waals surface area contributed by atoms with E-state index in [1.165, 1.54) is 21.4 Å². The van der Waals surface area contributed by atoms with Crippen LogP contribution in [0.4, 0.5) is 0 Å². The van der Waals surface area contributed by atoms with Crippen molar-refractivity contribution < 1.29 is 23.1 Å². The van der Waals surface area contributed by atoms with Crippen LogP contribution in [0.5, 0.6) is 0 Å². The molecule has 1 aliphatic rings. The molecule has 0 radical (unpaired) electrons. The second-order valence-electron chi connectivity index (χ2n) is 4.61. The SMILES string of the molecule is CCN(C1COCC1C(=O)O)S(=O)(=O)c1cnn(C)c1. The highest BCUT2D eigenvalue weighted by Crippen LogP contribution is 2.26. The molecule has 0 bridgehead atoms. The van der Waals surface area contributed by atoms with Gasteiger partial charge in [-0.25, -0.2) is 8.42 Å². The van der Waals surface area contributed by atoms with E-state index in [1.807, 2.05) is 0 Å². The van der Waals surface area contributed by atoms with Crippen LogP contribution in [-0.4, -0.2) is 59.4 Å². The van der Waals surface area contributed by atoms with E-state index in [9.17, 15) is 13.2 Å². The van der Waals surface area contributed by atoms with Crippen LogP contribution in [0.15, 0.2) is 17.3 Å². The Morgan fingerprint density at radius 1 is 1.60 bits per heavy atom. The Morgan fingerprint density at radius 2 is 2.30 bits per heavy atom. The first-order valence-corrected chi connectivity index (χ1v) is 7.63. The number of hydrogen-bond acceptors (Lipinski definition) is 5. The van der Waals surface area contributed by atoms with Gasteiger partial charge in [-0.15, -0.1) is 0 Å². The van der Waals surface area contributed by atoms with Gasteiger partial charge >= 0.3 is 5.97 Å². The molecule has 8 nitrogen and oxygen atoms in total. The number of sulfonamides is 1. The number of aliphatic carboxylic acids is 1. The molecule has 112 valence electrons. The number of carbonyl (C=O) groups is 1. The molecular weight excluding hydrogens is 286 g/mol. The summed E-state index contributed by atoms with van der Waals surface area (Å²) in [5, 5.41) is 13.0. The van der Waals surface area contributed by atoms with E-state index in [1.54, 1.807) is 14.0 Å². The summed E-state index contributed by atoms with van der Waals surface area (Å²) in [6, 6.07) is -0.692. The molecule has 0 aromatic carbocycles. The van der Waals surface area contributed by atoms with Crippen molar-refractivity contribution in [2.75, 3.05) is 19.8 Å². The van der Waals surface area contributed by atoms with Gasteiger partial charge in [0.2, 0.25) is 10.0 Å². The molecule has 2 unspecified atom stereocenters. The van der Waals surface area contributed by atoms with Crippen LogP contribution in [0, 0.1) is 5.92 Å². The van der Waals surface area contributed by atoms with Crippen LogP contribution in [0.2, 0.25) is 0 Å². The molecule has 1 fully saturated rings. The second kappa shape index (κ2) is 5.51. The van der Waals surface area contributed by atoms with Crippen LogP contribution in [0.1, 0.15) is 6.92 Å². The lowest BCUT2D eigenvalue weighted by Gasteiger charge is -2.27. The first-order valence-electron chi connectivity index (χ1n) is 6.19. The monoisotopic (exact) mass is 303 g/mol. The van der Waals surface area contributed by atoms with E-state index < -0.39 is 28.0 Å². The van der Waals surface area contributed by atoms with Crippen molar-refractivity contribution in [1.82, 2.24) is 14.1 Å². The largest absolute Gasteiger partial charge is 0.481 e. The summed E-state index contributed by atoms with van der Waals surface area (Å²) in [5.74, 6) is -1.89. The van der Waals surface area contributed by atoms with Crippen LogP contribution < -0.4 is 0 Å². The summed E-state index contributed by atoms with van der Waals surface area (Å²) in [6.45, 7) is 1.96. The number of aryl methyl sites for hydroxylation is 1. The summed E-state index contributed by atoms with van der Waals surface area (Å²) in [5.41, 5.74) is 0. The third-order valence-corrected chi connectivity index (χ3v) is 5.29. The zero-order chi connectivity index (χ0) is 14.9. The third-order valence-electron chi connectivity index (χ3n) is 3.34. The van der Waals surface area contributed by atoms with Crippen LogP contribution >= 0.6 is 0 Å². The Balaban J connectivity index is 2.34. The average molecular weight is 303 g/mol.